The lowest BCUT2D eigenvalue weighted by molar-refractivity contribution is -0.107. The van der Waals surface area contributed by atoms with E-state index in [1.54, 1.807) is 0 Å². The summed E-state index contributed by atoms with van der Waals surface area (Å²) in [6.45, 7) is 10.2. The normalized spacial score (nSPS) is 16.7. The molecule has 3 aromatic carbocycles. The molecule has 4 aromatic rings. The highest BCUT2D eigenvalue weighted by Crippen LogP contribution is 2.35. The van der Waals surface area contributed by atoms with E-state index < -0.39 is 0 Å². The van der Waals surface area contributed by atoms with Gasteiger partial charge < -0.3 is 14.1 Å². The summed E-state index contributed by atoms with van der Waals surface area (Å²) >= 11 is 0. The van der Waals surface area contributed by atoms with Gasteiger partial charge in [0.25, 0.3) is 0 Å². The van der Waals surface area contributed by atoms with Crippen LogP contribution in [0, 0.1) is 11.8 Å². The molecule has 1 N–H and O–H groups in total. The molecular formula is C40H54N2O3. The van der Waals surface area contributed by atoms with Crippen molar-refractivity contribution in [2.75, 3.05) is 13.6 Å². The monoisotopic (exact) mass is 610 g/mol. The summed E-state index contributed by atoms with van der Waals surface area (Å²) in [4.78, 5) is 26.9. The summed E-state index contributed by atoms with van der Waals surface area (Å²) in [5.74, 6) is 1.62. The molecule has 5 nitrogen and oxygen atoms in total. The van der Waals surface area contributed by atoms with Crippen LogP contribution >= 0.6 is 0 Å². The molecule has 0 aliphatic heterocycles. The SMILES string of the molecule is CC(C)Cc1ccc(CCC=O)cc1.CC(C)Cc1ccc(CCCN(C)C2CCC(c3ccc4[nH]c(=O)oc4c3)CC2)cc1. The Morgan fingerprint density at radius 2 is 1.36 bits per heavy atom. The summed E-state index contributed by atoms with van der Waals surface area (Å²) in [7, 11) is 2.29. The Kier molecular flexibility index (Phi) is 13.2. The Morgan fingerprint density at radius 3 is 1.91 bits per heavy atom. The van der Waals surface area contributed by atoms with Gasteiger partial charge in [0.1, 0.15) is 6.29 Å². The third-order valence-electron chi connectivity index (χ3n) is 9.10. The van der Waals surface area contributed by atoms with Gasteiger partial charge in [-0.3, -0.25) is 4.98 Å². The van der Waals surface area contributed by atoms with Gasteiger partial charge in [-0.25, -0.2) is 4.79 Å². The minimum absolute atomic E-state index is 0.371. The van der Waals surface area contributed by atoms with Crippen molar-refractivity contribution in [2.45, 2.75) is 104 Å². The molecule has 0 unspecified atom stereocenters. The van der Waals surface area contributed by atoms with Crippen molar-refractivity contribution in [1.82, 2.24) is 9.88 Å². The van der Waals surface area contributed by atoms with Gasteiger partial charge in [-0.15, -0.1) is 0 Å². The third kappa shape index (κ3) is 11.1. The van der Waals surface area contributed by atoms with Gasteiger partial charge in [0, 0.05) is 12.5 Å². The van der Waals surface area contributed by atoms with Crippen LogP contribution in [0.2, 0.25) is 0 Å². The van der Waals surface area contributed by atoms with E-state index in [4.69, 9.17) is 4.42 Å². The molecule has 1 fully saturated rings. The van der Waals surface area contributed by atoms with Crippen LogP contribution in [0.25, 0.3) is 11.1 Å². The Bertz CT molecular complexity index is 1490. The lowest BCUT2D eigenvalue weighted by Crippen LogP contribution is -2.35. The number of aromatic nitrogens is 1. The van der Waals surface area contributed by atoms with E-state index in [0.29, 0.717) is 35.8 Å². The number of H-pyrrole nitrogens is 1. The van der Waals surface area contributed by atoms with Crippen LogP contribution in [0.1, 0.15) is 100.0 Å². The molecule has 5 heteroatoms. The number of hydrogen-bond acceptors (Lipinski definition) is 4. The summed E-state index contributed by atoms with van der Waals surface area (Å²) in [6, 6.07) is 24.7. The molecular weight excluding hydrogens is 556 g/mol. The highest BCUT2D eigenvalue weighted by atomic mass is 16.4. The second-order valence-corrected chi connectivity index (χ2v) is 13.9. The number of aromatic amines is 1. The fraction of sp³-hybridized carbons (Fsp3) is 0.500. The number of nitrogens with zero attached hydrogens (tertiary/aromatic N) is 1. The van der Waals surface area contributed by atoms with Gasteiger partial charge in [-0.05, 0) is 129 Å². The van der Waals surface area contributed by atoms with Crippen LogP contribution in [-0.2, 0) is 30.5 Å². The number of rotatable bonds is 13. The van der Waals surface area contributed by atoms with Gasteiger partial charge in [0.05, 0.1) is 5.52 Å². The number of benzene rings is 3. The van der Waals surface area contributed by atoms with E-state index in [9.17, 15) is 9.59 Å². The van der Waals surface area contributed by atoms with Crippen LogP contribution in [0.5, 0.6) is 0 Å². The molecule has 0 radical (unpaired) electrons. The number of carbonyl (C=O) groups excluding carboxylic acids is 1. The van der Waals surface area contributed by atoms with Gasteiger partial charge >= 0.3 is 5.76 Å². The third-order valence-corrected chi connectivity index (χ3v) is 9.10. The first-order chi connectivity index (χ1) is 21.7. The van der Waals surface area contributed by atoms with Crippen molar-refractivity contribution in [3.63, 3.8) is 0 Å². The molecule has 0 bridgehead atoms. The van der Waals surface area contributed by atoms with E-state index >= 15 is 0 Å². The van der Waals surface area contributed by atoms with Crippen molar-refractivity contribution in [1.29, 1.82) is 0 Å². The van der Waals surface area contributed by atoms with Gasteiger partial charge in [-0.1, -0.05) is 82.3 Å². The fourth-order valence-corrected chi connectivity index (χ4v) is 6.63. The van der Waals surface area contributed by atoms with Crippen molar-refractivity contribution >= 4 is 17.4 Å². The average Bonchev–Trinajstić information content (AvgIpc) is 3.40. The summed E-state index contributed by atoms with van der Waals surface area (Å²) < 4.78 is 5.24. The molecule has 45 heavy (non-hydrogen) atoms. The molecule has 5 rings (SSSR count). The van der Waals surface area contributed by atoms with Gasteiger partial charge in [0.15, 0.2) is 5.58 Å². The maximum absolute atomic E-state index is 11.4. The molecule has 1 heterocycles. The van der Waals surface area contributed by atoms with Crippen molar-refractivity contribution in [2.24, 2.45) is 11.8 Å². The van der Waals surface area contributed by atoms with Crippen LogP contribution in [0.15, 0.2) is 75.9 Å². The van der Waals surface area contributed by atoms with Crippen LogP contribution in [-0.4, -0.2) is 35.8 Å². The second-order valence-electron chi connectivity index (χ2n) is 13.9. The average molecular weight is 611 g/mol. The highest BCUT2D eigenvalue weighted by molar-refractivity contribution is 5.72. The highest BCUT2D eigenvalue weighted by Gasteiger charge is 2.25. The topological polar surface area (TPSA) is 66.3 Å². The summed E-state index contributed by atoms with van der Waals surface area (Å²) in [5.41, 5.74) is 8.31. The Hall–Kier alpha value is -3.44. The van der Waals surface area contributed by atoms with Crippen LogP contribution < -0.4 is 5.76 Å². The predicted molar refractivity (Wildman–Crippen MR) is 187 cm³/mol. The number of carbonyl (C=O) groups is 1. The van der Waals surface area contributed by atoms with E-state index in [-0.39, 0.29) is 5.76 Å². The van der Waals surface area contributed by atoms with Crippen molar-refractivity contribution < 1.29 is 9.21 Å². The number of fused-ring (bicyclic) bond motifs is 1. The molecule has 0 amide bonds. The summed E-state index contributed by atoms with van der Waals surface area (Å²) in [5, 5.41) is 0. The van der Waals surface area contributed by atoms with Crippen molar-refractivity contribution in [3.8, 4) is 0 Å². The number of hydrogen-bond donors (Lipinski definition) is 1. The molecule has 1 aliphatic carbocycles. The smallest absolute Gasteiger partial charge is 0.408 e. The predicted octanol–water partition coefficient (Wildman–Crippen LogP) is 8.93. The first kappa shape index (κ1) is 34.4. The Morgan fingerprint density at radius 1 is 0.800 bits per heavy atom. The minimum Gasteiger partial charge on any atom is -0.408 e. The van der Waals surface area contributed by atoms with Crippen molar-refractivity contribution in [3.05, 3.63) is 105 Å². The maximum Gasteiger partial charge on any atom is 0.417 e. The molecule has 1 aromatic heterocycles. The second kappa shape index (κ2) is 17.3. The quantitative estimate of drug-likeness (QED) is 0.154. The zero-order valence-electron chi connectivity index (χ0n) is 28.2. The fourth-order valence-electron chi connectivity index (χ4n) is 6.63. The Labute approximate surface area is 270 Å². The largest absolute Gasteiger partial charge is 0.417 e. The number of aryl methyl sites for hydroxylation is 2. The standard InChI is InChI=1S/C27H36N2O2.C13H18O/c1-19(2)17-21-8-6-20(7-9-21)5-4-16-29(3)24-13-10-22(11-14-24)23-12-15-25-26(18-23)31-27(30)28-25;1-11(2)10-13-7-5-12(6-8-13)4-3-9-14/h6-9,12,15,18-19,22,24H,4-5,10-11,13-14,16-17H2,1-3H3,(H,28,30);5-9,11H,3-4,10H2,1-2H3. The molecule has 1 aliphatic rings. The number of nitrogens with one attached hydrogen (secondary N) is 1. The Balaban J connectivity index is 0.000000276. The van der Waals surface area contributed by atoms with Crippen LogP contribution in [0.4, 0.5) is 0 Å². The van der Waals surface area contributed by atoms with E-state index in [1.807, 2.05) is 12.1 Å². The lowest BCUT2D eigenvalue weighted by atomic mass is 9.81. The zero-order chi connectivity index (χ0) is 32.2. The first-order valence-corrected chi connectivity index (χ1v) is 17.1. The van der Waals surface area contributed by atoms with Crippen LogP contribution in [0.3, 0.4) is 0 Å². The number of aldehydes is 1. The van der Waals surface area contributed by atoms with E-state index in [0.717, 1.165) is 37.6 Å². The molecule has 1 saturated carbocycles. The first-order valence-electron chi connectivity index (χ1n) is 17.1. The van der Waals surface area contributed by atoms with E-state index in [1.165, 1.54) is 66.3 Å². The maximum atomic E-state index is 11.4. The molecule has 0 saturated heterocycles. The lowest BCUT2D eigenvalue weighted by Gasteiger charge is -2.35. The van der Waals surface area contributed by atoms with E-state index in [2.05, 4.69) is 99.2 Å². The molecule has 0 spiro atoms. The zero-order valence-corrected chi connectivity index (χ0v) is 28.2. The summed E-state index contributed by atoms with van der Waals surface area (Å²) in [6.07, 6.45) is 12.0. The number of oxazole rings is 1. The molecule has 242 valence electrons. The van der Waals surface area contributed by atoms with Gasteiger partial charge in [0.2, 0.25) is 0 Å². The molecule has 0 atom stereocenters. The van der Waals surface area contributed by atoms with Gasteiger partial charge in [-0.2, -0.15) is 0 Å². The minimum atomic E-state index is -0.371.